The Morgan fingerprint density at radius 3 is 2.78 bits per heavy atom. The third kappa shape index (κ3) is 3.92. The van der Waals surface area contributed by atoms with Gasteiger partial charge in [0.25, 0.3) is 11.8 Å². The molecule has 0 spiro atoms. The second-order valence-electron chi connectivity index (χ2n) is 7.88. The number of nitrogens with zero attached hydrogens (tertiary/aromatic N) is 2. The maximum absolute atomic E-state index is 14.3. The van der Waals surface area contributed by atoms with Crippen molar-refractivity contribution >= 4 is 56.0 Å². The van der Waals surface area contributed by atoms with Crippen molar-refractivity contribution < 1.29 is 23.5 Å². The summed E-state index contributed by atoms with van der Waals surface area (Å²) in [4.78, 5) is 26.5. The van der Waals surface area contributed by atoms with Crippen LogP contribution < -0.4 is 5.32 Å². The topological polar surface area (TPSA) is 72.9 Å². The molecule has 1 fully saturated rings. The molecule has 2 aliphatic heterocycles. The quantitative estimate of drug-likeness (QED) is 0.378. The molecule has 4 rings (SSSR count). The lowest BCUT2D eigenvalue weighted by molar-refractivity contribution is -0.160. The van der Waals surface area contributed by atoms with E-state index in [1.165, 1.54) is 17.1 Å². The van der Waals surface area contributed by atoms with Crippen molar-refractivity contribution in [2.24, 2.45) is 0 Å². The van der Waals surface area contributed by atoms with E-state index in [1.54, 1.807) is 30.1 Å². The Bertz CT molecular complexity index is 1160. The molecule has 0 bridgehead atoms. The summed E-state index contributed by atoms with van der Waals surface area (Å²) in [6.07, 6.45) is 1.16. The number of nitrogens with one attached hydrogen (secondary N) is 1. The monoisotopic (exact) mass is 617 g/mol. The smallest absolute Gasteiger partial charge is 0.277 e. The molecule has 2 aliphatic rings. The Morgan fingerprint density at radius 1 is 1.31 bits per heavy atom. The van der Waals surface area contributed by atoms with Gasteiger partial charge < -0.3 is 10.4 Å². The lowest BCUT2D eigenvalue weighted by atomic mass is 9.90. The van der Waals surface area contributed by atoms with Gasteiger partial charge in [0.05, 0.1) is 17.8 Å². The van der Waals surface area contributed by atoms with Crippen LogP contribution in [-0.2, 0) is 16.1 Å². The maximum Gasteiger partial charge on any atom is 0.277 e. The van der Waals surface area contributed by atoms with Gasteiger partial charge in [0.1, 0.15) is 11.3 Å². The van der Waals surface area contributed by atoms with E-state index in [0.717, 1.165) is 14.1 Å². The van der Waals surface area contributed by atoms with Crippen LogP contribution in [0.5, 0.6) is 0 Å². The summed E-state index contributed by atoms with van der Waals surface area (Å²) in [5.41, 5.74) is -0.942. The number of halogens is 4. The van der Waals surface area contributed by atoms with Crippen LogP contribution in [0.25, 0.3) is 0 Å². The van der Waals surface area contributed by atoms with E-state index in [1.807, 2.05) is 22.6 Å². The Hall–Kier alpha value is -2.05. The number of fused-ring (bicyclic) bond motifs is 1. The van der Waals surface area contributed by atoms with Gasteiger partial charge in [-0.05, 0) is 66.6 Å². The molecule has 1 atom stereocenters. The molecule has 1 unspecified atom stereocenters. The molecule has 6 nitrogen and oxygen atoms in total. The van der Waals surface area contributed by atoms with Crippen molar-refractivity contribution in [1.29, 1.82) is 0 Å². The summed E-state index contributed by atoms with van der Waals surface area (Å²) in [5.74, 6) is -3.91. The Kier molecular flexibility index (Phi) is 6.29. The molecule has 32 heavy (non-hydrogen) atoms. The zero-order valence-electron chi connectivity index (χ0n) is 17.0. The third-order valence-electron chi connectivity index (χ3n) is 5.85. The highest BCUT2D eigenvalue weighted by molar-refractivity contribution is 14.1. The molecule has 0 aliphatic carbocycles. The molecule has 1 saturated heterocycles. The van der Waals surface area contributed by atoms with Crippen molar-refractivity contribution in [2.45, 2.75) is 31.8 Å². The molecular formula is C22H19BrF2IN3O3. The Morgan fingerprint density at radius 2 is 2.06 bits per heavy atom. The van der Waals surface area contributed by atoms with Crippen LogP contribution in [0.3, 0.4) is 0 Å². The van der Waals surface area contributed by atoms with Crippen LogP contribution in [0.4, 0.5) is 14.5 Å². The van der Waals surface area contributed by atoms with Crippen molar-refractivity contribution in [3.63, 3.8) is 0 Å². The molecule has 2 aromatic carbocycles. The van der Waals surface area contributed by atoms with Crippen LogP contribution in [0.15, 0.2) is 52.2 Å². The van der Waals surface area contributed by atoms with Gasteiger partial charge in [0, 0.05) is 20.2 Å². The maximum atomic E-state index is 14.3. The van der Waals surface area contributed by atoms with Crippen LogP contribution >= 0.6 is 38.5 Å². The van der Waals surface area contributed by atoms with Gasteiger partial charge in [0.15, 0.2) is 11.6 Å². The largest absolute Gasteiger partial charge is 0.509 e. The summed E-state index contributed by atoms with van der Waals surface area (Å²) in [5, 5.41) is 16.5. The average Bonchev–Trinajstić information content (AvgIpc) is 3.14. The minimum Gasteiger partial charge on any atom is -0.509 e. The number of benzene rings is 2. The predicted octanol–water partition coefficient (Wildman–Crippen LogP) is 4.89. The molecule has 0 saturated carbocycles. The Balaban J connectivity index is 1.72. The number of aliphatic hydroxyl groups excluding tert-OH is 1. The van der Waals surface area contributed by atoms with E-state index in [-0.39, 0.29) is 17.9 Å². The minimum atomic E-state index is -1.05. The number of carbonyl (C=O) groups excluding carboxylic acids is 2. The number of hydrogen-bond acceptors (Lipinski definition) is 4. The van der Waals surface area contributed by atoms with E-state index in [4.69, 9.17) is 0 Å². The van der Waals surface area contributed by atoms with Crippen LogP contribution in [0.2, 0.25) is 0 Å². The Labute approximate surface area is 205 Å². The van der Waals surface area contributed by atoms with Gasteiger partial charge in [-0.1, -0.05) is 28.1 Å². The van der Waals surface area contributed by atoms with Crippen LogP contribution in [-0.4, -0.2) is 39.0 Å². The molecule has 2 N–H and O–H groups in total. The van der Waals surface area contributed by atoms with E-state index in [2.05, 4.69) is 21.2 Å². The lowest BCUT2D eigenvalue weighted by Gasteiger charge is -2.46. The number of rotatable bonds is 4. The van der Waals surface area contributed by atoms with Crippen molar-refractivity contribution in [2.75, 3.05) is 11.9 Å². The highest BCUT2D eigenvalue weighted by atomic mass is 127. The minimum absolute atomic E-state index is 0.0174. The fourth-order valence-corrected chi connectivity index (χ4v) is 5.59. The van der Waals surface area contributed by atoms with E-state index in [9.17, 15) is 23.5 Å². The molecule has 2 aromatic rings. The number of anilines is 1. The summed E-state index contributed by atoms with van der Waals surface area (Å²) >= 11 is 5.41. The van der Waals surface area contributed by atoms with Gasteiger partial charge in [-0.15, -0.1) is 0 Å². The van der Waals surface area contributed by atoms with Gasteiger partial charge >= 0.3 is 0 Å². The molecular weight excluding hydrogens is 599 g/mol. The number of hydrogen-bond donors (Lipinski definition) is 2. The van der Waals surface area contributed by atoms with Crippen molar-refractivity contribution in [1.82, 2.24) is 10.0 Å². The summed E-state index contributed by atoms with van der Waals surface area (Å²) < 4.78 is 29.6. The predicted molar refractivity (Wildman–Crippen MR) is 126 cm³/mol. The third-order valence-corrected chi connectivity index (χ3v) is 7.23. The fraction of sp³-hybridized carbons (Fsp3) is 0.273. The van der Waals surface area contributed by atoms with Crippen molar-refractivity contribution in [3.8, 4) is 0 Å². The van der Waals surface area contributed by atoms with Gasteiger partial charge in [0.2, 0.25) is 0 Å². The SMILES string of the molecule is CC12CCCN1N(Cc1cccc(F)c1F)C(=O)C(C(=O)Nc1ccc(Br)cc1I)=C2O. The highest BCUT2D eigenvalue weighted by Gasteiger charge is 2.52. The molecule has 0 aromatic heterocycles. The molecule has 2 heterocycles. The zero-order valence-corrected chi connectivity index (χ0v) is 20.7. The van der Waals surface area contributed by atoms with Crippen LogP contribution in [0.1, 0.15) is 25.3 Å². The highest BCUT2D eigenvalue weighted by Crippen LogP contribution is 2.42. The van der Waals surface area contributed by atoms with Crippen molar-refractivity contribution in [3.05, 3.63) is 73.0 Å². The van der Waals surface area contributed by atoms with Gasteiger partial charge in [-0.25, -0.2) is 13.8 Å². The second-order valence-corrected chi connectivity index (χ2v) is 9.96. The second kappa shape index (κ2) is 8.71. The molecule has 0 radical (unpaired) electrons. The first-order valence-electron chi connectivity index (χ1n) is 9.86. The van der Waals surface area contributed by atoms with E-state index < -0.39 is 34.6 Å². The number of hydrazine groups is 1. The first-order valence-corrected chi connectivity index (χ1v) is 11.7. The summed E-state index contributed by atoms with van der Waals surface area (Å²) in [6.45, 7) is 1.90. The lowest BCUT2D eigenvalue weighted by Crippen LogP contribution is -2.60. The number of carbonyl (C=O) groups is 2. The normalized spacial score (nSPS) is 21.2. The molecule has 2 amide bonds. The first kappa shape index (κ1) is 23.1. The standard InChI is InChI=1S/C22H19BrF2IN3O3/c1-22-8-3-9-29(22)28(11-12-4-2-5-14(24)18(12)25)21(32)17(19(22)30)20(31)27-16-7-6-13(23)10-15(16)26/h2,4-7,10,30H,3,8-9,11H2,1H3,(H,27,31). The molecule has 168 valence electrons. The fourth-order valence-electron chi connectivity index (χ4n) is 4.16. The first-order chi connectivity index (χ1) is 15.1. The molecule has 10 heteroatoms. The van der Waals surface area contributed by atoms with E-state index >= 15 is 0 Å². The number of aliphatic hydroxyl groups is 1. The van der Waals surface area contributed by atoms with Crippen LogP contribution in [0, 0.1) is 15.2 Å². The number of amides is 2. The van der Waals surface area contributed by atoms with Gasteiger partial charge in [-0.2, -0.15) is 0 Å². The zero-order chi connectivity index (χ0) is 23.2. The summed E-state index contributed by atoms with van der Waals surface area (Å²) in [6, 6.07) is 8.97. The average molecular weight is 618 g/mol. The van der Waals surface area contributed by atoms with E-state index in [0.29, 0.717) is 25.1 Å². The van der Waals surface area contributed by atoms with Gasteiger partial charge in [-0.3, -0.25) is 14.6 Å². The summed E-state index contributed by atoms with van der Waals surface area (Å²) in [7, 11) is 0.